The molecule has 2 aliphatic rings. The van der Waals surface area contributed by atoms with Gasteiger partial charge in [-0.25, -0.2) is 0 Å². The van der Waals surface area contributed by atoms with Crippen LogP contribution in [0.2, 0.25) is 0 Å². The van der Waals surface area contributed by atoms with Crippen molar-refractivity contribution in [1.82, 2.24) is 5.32 Å². The van der Waals surface area contributed by atoms with Gasteiger partial charge in [-0.3, -0.25) is 0 Å². The van der Waals surface area contributed by atoms with E-state index in [1.165, 1.54) is 28.8 Å². The van der Waals surface area contributed by atoms with Crippen LogP contribution in [0.25, 0.3) is 0 Å². The van der Waals surface area contributed by atoms with Gasteiger partial charge in [0, 0.05) is 17.5 Å². The van der Waals surface area contributed by atoms with Gasteiger partial charge in [0.15, 0.2) is 0 Å². The molecule has 0 spiro atoms. The summed E-state index contributed by atoms with van der Waals surface area (Å²) in [5.74, 6) is 1.99. The van der Waals surface area contributed by atoms with Crippen molar-refractivity contribution in [2.75, 3.05) is 0 Å². The molecule has 1 aliphatic carbocycles. The van der Waals surface area contributed by atoms with Crippen LogP contribution in [-0.2, 0) is 13.0 Å². The number of hydrogen-bond acceptors (Lipinski definition) is 4. The van der Waals surface area contributed by atoms with E-state index in [-0.39, 0.29) is 6.10 Å². The molecule has 3 nitrogen and oxygen atoms in total. The summed E-state index contributed by atoms with van der Waals surface area (Å²) in [5.41, 5.74) is 2.53. The highest BCUT2D eigenvalue weighted by Gasteiger charge is 2.24. The minimum absolute atomic E-state index is 0.155. The maximum atomic E-state index is 6.35. The number of fused-ring (bicyclic) bond motifs is 1. The van der Waals surface area contributed by atoms with Gasteiger partial charge in [-0.15, -0.1) is 11.3 Å². The fourth-order valence-electron chi connectivity index (χ4n) is 4.58. The zero-order valence-electron chi connectivity index (χ0n) is 17.3. The van der Waals surface area contributed by atoms with Crippen molar-refractivity contribution in [3.63, 3.8) is 0 Å². The summed E-state index contributed by atoms with van der Waals surface area (Å²) in [6, 6.07) is 21.8. The van der Waals surface area contributed by atoms with Gasteiger partial charge in [-0.2, -0.15) is 0 Å². The number of hydrogen-bond donors (Lipinski definition) is 1. The first-order valence-corrected chi connectivity index (χ1v) is 12.0. The zero-order valence-corrected chi connectivity index (χ0v) is 18.1. The molecular weight excluding hydrogens is 390 g/mol. The smallest absolute Gasteiger partial charge is 0.124 e. The highest BCUT2D eigenvalue weighted by molar-refractivity contribution is 7.09. The molecule has 0 amide bonds. The summed E-state index contributed by atoms with van der Waals surface area (Å²) in [6.45, 7) is 0.989. The molecule has 1 aromatic heterocycles. The molecule has 1 atom stereocenters. The lowest BCUT2D eigenvalue weighted by atomic mass is 9.92. The van der Waals surface area contributed by atoms with Gasteiger partial charge in [-0.05, 0) is 79.3 Å². The molecule has 30 heavy (non-hydrogen) atoms. The maximum Gasteiger partial charge on any atom is 0.124 e. The quantitative estimate of drug-likeness (QED) is 0.509. The van der Waals surface area contributed by atoms with Crippen LogP contribution in [0.3, 0.4) is 0 Å². The van der Waals surface area contributed by atoms with Gasteiger partial charge in [0.1, 0.15) is 17.6 Å². The van der Waals surface area contributed by atoms with Crippen LogP contribution >= 0.6 is 11.3 Å². The largest absolute Gasteiger partial charge is 0.490 e. The van der Waals surface area contributed by atoms with Crippen LogP contribution in [0.5, 0.6) is 11.5 Å². The molecule has 2 heterocycles. The van der Waals surface area contributed by atoms with E-state index in [9.17, 15) is 0 Å². The second-order valence-electron chi connectivity index (χ2n) is 8.38. The molecule has 0 saturated heterocycles. The molecule has 4 heteroatoms. The normalized spacial score (nSPS) is 23.4. The first-order chi connectivity index (χ1) is 14.8. The van der Waals surface area contributed by atoms with E-state index < -0.39 is 0 Å². The summed E-state index contributed by atoms with van der Waals surface area (Å²) in [5, 5.41) is 5.85. The first-order valence-electron chi connectivity index (χ1n) is 11.1. The van der Waals surface area contributed by atoms with Crippen LogP contribution in [0.4, 0.5) is 0 Å². The summed E-state index contributed by atoms with van der Waals surface area (Å²) in [6.07, 6.45) is 7.13. The highest BCUT2D eigenvalue weighted by Crippen LogP contribution is 2.37. The number of aryl methyl sites for hydroxylation is 1. The van der Waals surface area contributed by atoms with Crippen molar-refractivity contribution in [2.45, 2.75) is 63.3 Å². The van der Waals surface area contributed by atoms with Gasteiger partial charge in [-0.1, -0.05) is 36.4 Å². The molecule has 156 valence electrons. The Hall–Kier alpha value is -2.30. The fraction of sp³-hybridized carbons (Fsp3) is 0.385. The molecular formula is C26H29NO2S. The predicted molar refractivity (Wildman–Crippen MR) is 122 cm³/mol. The topological polar surface area (TPSA) is 30.5 Å². The Morgan fingerprint density at radius 3 is 2.60 bits per heavy atom. The van der Waals surface area contributed by atoms with Crippen molar-refractivity contribution in [2.24, 2.45) is 0 Å². The van der Waals surface area contributed by atoms with Gasteiger partial charge >= 0.3 is 0 Å². The summed E-state index contributed by atoms with van der Waals surface area (Å²) >= 11 is 1.83. The molecule has 0 bridgehead atoms. The van der Waals surface area contributed by atoms with Gasteiger partial charge in [0.05, 0.1) is 6.10 Å². The van der Waals surface area contributed by atoms with E-state index in [0.29, 0.717) is 12.1 Å². The lowest BCUT2D eigenvalue weighted by Gasteiger charge is -2.30. The monoisotopic (exact) mass is 419 g/mol. The molecule has 2 aromatic carbocycles. The Morgan fingerprint density at radius 2 is 1.80 bits per heavy atom. The average molecular weight is 420 g/mol. The molecule has 1 fully saturated rings. The second-order valence-corrected chi connectivity index (χ2v) is 9.41. The Bertz CT molecular complexity index is 933. The molecule has 1 N–H and O–H groups in total. The van der Waals surface area contributed by atoms with Crippen LogP contribution in [0, 0.1) is 0 Å². The fourth-order valence-corrected chi connectivity index (χ4v) is 5.23. The number of nitrogens with one attached hydrogen (secondary N) is 1. The van der Waals surface area contributed by atoms with Crippen molar-refractivity contribution in [3.05, 3.63) is 82.0 Å². The molecule has 3 aromatic rings. The van der Waals surface area contributed by atoms with E-state index >= 15 is 0 Å². The van der Waals surface area contributed by atoms with Crippen molar-refractivity contribution in [1.29, 1.82) is 0 Å². The van der Waals surface area contributed by atoms with Gasteiger partial charge in [0.25, 0.3) is 0 Å². The Morgan fingerprint density at radius 1 is 0.933 bits per heavy atom. The van der Waals surface area contributed by atoms with E-state index in [1.807, 2.05) is 11.3 Å². The second kappa shape index (κ2) is 9.23. The zero-order chi connectivity index (χ0) is 20.2. The SMILES string of the molecule is c1ccc(C2CCc3cc(OC4CCC(NCc5cccs5)CC4)ccc3O2)cc1. The third-order valence-corrected chi connectivity index (χ3v) is 7.15. The van der Waals surface area contributed by atoms with Crippen molar-refractivity contribution in [3.8, 4) is 11.5 Å². The minimum Gasteiger partial charge on any atom is -0.490 e. The van der Waals surface area contributed by atoms with Gasteiger partial charge < -0.3 is 14.8 Å². The predicted octanol–water partition coefficient (Wildman–Crippen LogP) is 6.29. The van der Waals surface area contributed by atoms with Crippen LogP contribution in [-0.4, -0.2) is 12.1 Å². The third kappa shape index (κ3) is 4.71. The molecule has 1 aliphatic heterocycles. The first kappa shape index (κ1) is 19.7. The minimum atomic E-state index is 0.155. The molecule has 1 saturated carbocycles. The maximum absolute atomic E-state index is 6.35. The molecule has 5 rings (SSSR count). The third-order valence-electron chi connectivity index (χ3n) is 6.27. The van der Waals surface area contributed by atoms with Gasteiger partial charge in [0.2, 0.25) is 0 Å². The lowest BCUT2D eigenvalue weighted by Crippen LogP contribution is -2.35. The number of benzene rings is 2. The van der Waals surface area contributed by atoms with Crippen molar-refractivity contribution < 1.29 is 9.47 Å². The Balaban J connectivity index is 1.13. The summed E-state index contributed by atoms with van der Waals surface area (Å²) in [4.78, 5) is 1.42. The Kier molecular flexibility index (Phi) is 6.05. The van der Waals surface area contributed by atoms with Crippen molar-refractivity contribution >= 4 is 11.3 Å². The van der Waals surface area contributed by atoms with Crippen LogP contribution < -0.4 is 14.8 Å². The van der Waals surface area contributed by atoms with E-state index in [2.05, 4.69) is 71.4 Å². The Labute approximate surface area is 183 Å². The van der Waals surface area contributed by atoms with Crippen LogP contribution in [0.15, 0.2) is 66.0 Å². The summed E-state index contributed by atoms with van der Waals surface area (Å²) < 4.78 is 12.6. The lowest BCUT2D eigenvalue weighted by molar-refractivity contribution is 0.138. The number of ether oxygens (including phenoxy) is 2. The summed E-state index contributed by atoms with van der Waals surface area (Å²) in [7, 11) is 0. The number of thiophene rings is 1. The average Bonchev–Trinajstić information content (AvgIpc) is 3.33. The highest BCUT2D eigenvalue weighted by atomic mass is 32.1. The standard InChI is InChI=1S/C26H29NO2S/c1-2-5-19(6-3-1)25-14-8-20-17-23(13-15-26(20)29-25)28-22-11-9-21(10-12-22)27-18-24-7-4-16-30-24/h1-7,13,15-17,21-22,25,27H,8-12,14,18H2. The molecule has 0 radical (unpaired) electrons. The molecule has 1 unspecified atom stereocenters. The van der Waals surface area contributed by atoms with E-state index in [1.54, 1.807) is 0 Å². The van der Waals surface area contributed by atoms with Crippen LogP contribution in [0.1, 0.15) is 54.2 Å². The van der Waals surface area contributed by atoms with E-state index in [4.69, 9.17) is 9.47 Å². The number of rotatable bonds is 6. The van der Waals surface area contributed by atoms with E-state index in [0.717, 1.165) is 43.7 Å².